The number of carbonyl (C=O) groups excluding carboxylic acids is 4. The van der Waals surface area contributed by atoms with Gasteiger partial charge in [0.15, 0.2) is 11.2 Å². The van der Waals surface area contributed by atoms with Crippen LogP contribution in [0.15, 0.2) is 11.6 Å². The summed E-state index contributed by atoms with van der Waals surface area (Å²) in [6.45, 7) is 1.86. The minimum absolute atomic E-state index is 0.0435. The van der Waals surface area contributed by atoms with Crippen molar-refractivity contribution in [1.29, 1.82) is 0 Å². The Morgan fingerprint density at radius 2 is 1.84 bits per heavy atom. The highest BCUT2D eigenvalue weighted by molar-refractivity contribution is 6.14. The maximum atomic E-state index is 12.9. The summed E-state index contributed by atoms with van der Waals surface area (Å²) >= 11 is 0. The first-order chi connectivity index (χ1) is 11.9. The molecule has 0 aromatic heterocycles. The molecular formula is C18H26O7. The Morgan fingerprint density at radius 1 is 1.12 bits per heavy atom. The van der Waals surface area contributed by atoms with Crippen LogP contribution in [0.4, 0.5) is 0 Å². The Balaban J connectivity index is 3.39. The lowest BCUT2D eigenvalue weighted by Crippen LogP contribution is -2.45. The molecule has 0 aromatic carbocycles. The summed E-state index contributed by atoms with van der Waals surface area (Å²) in [7, 11) is 2.34. The van der Waals surface area contributed by atoms with Crippen LogP contribution >= 0.6 is 0 Å². The lowest BCUT2D eigenvalue weighted by molar-refractivity contribution is -0.160. The monoisotopic (exact) mass is 354 g/mol. The molecule has 0 aliphatic heterocycles. The van der Waals surface area contributed by atoms with Crippen molar-refractivity contribution in [3.63, 3.8) is 0 Å². The van der Waals surface area contributed by atoms with E-state index in [4.69, 9.17) is 14.2 Å². The molecule has 0 fully saturated rings. The van der Waals surface area contributed by atoms with Gasteiger partial charge in [0.05, 0.1) is 26.4 Å². The molecule has 7 heteroatoms. The Labute approximate surface area is 147 Å². The van der Waals surface area contributed by atoms with E-state index in [1.807, 2.05) is 0 Å². The first kappa shape index (κ1) is 20.9. The van der Waals surface area contributed by atoms with Crippen LogP contribution in [0.5, 0.6) is 0 Å². The predicted molar refractivity (Wildman–Crippen MR) is 88.5 cm³/mol. The van der Waals surface area contributed by atoms with Crippen LogP contribution < -0.4 is 0 Å². The summed E-state index contributed by atoms with van der Waals surface area (Å²) in [4.78, 5) is 49.7. The molecule has 0 amide bonds. The number of allylic oxidation sites excluding steroid dienone is 1. The lowest BCUT2D eigenvalue weighted by Gasteiger charge is -2.30. The summed E-state index contributed by atoms with van der Waals surface area (Å²) in [5.74, 6) is -2.57. The largest absolute Gasteiger partial charge is 0.468 e. The molecule has 0 spiro atoms. The highest BCUT2D eigenvalue weighted by Crippen LogP contribution is 2.39. The lowest BCUT2D eigenvalue weighted by atomic mass is 9.71. The van der Waals surface area contributed by atoms with Gasteiger partial charge in [0.1, 0.15) is 0 Å². The van der Waals surface area contributed by atoms with Crippen LogP contribution in [0.1, 0.15) is 51.9 Å². The van der Waals surface area contributed by atoms with E-state index in [1.54, 1.807) is 13.0 Å². The van der Waals surface area contributed by atoms with Gasteiger partial charge in [-0.25, -0.2) is 4.79 Å². The summed E-state index contributed by atoms with van der Waals surface area (Å²) in [5, 5.41) is 0. The summed E-state index contributed by atoms with van der Waals surface area (Å²) in [6.07, 6.45) is 4.09. The van der Waals surface area contributed by atoms with Crippen molar-refractivity contribution in [2.24, 2.45) is 5.41 Å². The van der Waals surface area contributed by atoms with Crippen LogP contribution in [-0.2, 0) is 33.4 Å². The molecule has 1 aliphatic rings. The van der Waals surface area contributed by atoms with Crippen LogP contribution in [0.3, 0.4) is 0 Å². The summed E-state index contributed by atoms with van der Waals surface area (Å²) < 4.78 is 14.5. The number of ketones is 1. The zero-order valence-electron chi connectivity index (χ0n) is 15.1. The highest BCUT2D eigenvalue weighted by atomic mass is 16.5. The van der Waals surface area contributed by atoms with Gasteiger partial charge in [0.25, 0.3) is 0 Å². The van der Waals surface area contributed by atoms with E-state index in [1.165, 1.54) is 7.11 Å². The van der Waals surface area contributed by atoms with Gasteiger partial charge >= 0.3 is 17.9 Å². The Hall–Kier alpha value is -2.18. The maximum Gasteiger partial charge on any atom is 0.335 e. The second kappa shape index (κ2) is 9.96. The molecule has 0 radical (unpaired) electrons. The minimum atomic E-state index is -1.83. The predicted octanol–water partition coefficient (Wildman–Crippen LogP) is 2.12. The number of rotatable bonds is 6. The first-order valence-corrected chi connectivity index (χ1v) is 8.50. The van der Waals surface area contributed by atoms with E-state index in [9.17, 15) is 19.2 Å². The third-order valence-corrected chi connectivity index (χ3v) is 4.34. The van der Waals surface area contributed by atoms with Gasteiger partial charge in [-0.15, -0.1) is 0 Å². The second-order valence-corrected chi connectivity index (χ2v) is 5.83. The summed E-state index contributed by atoms with van der Waals surface area (Å²) in [6, 6.07) is 0. The Bertz CT molecular complexity index is 550. The number of ether oxygens (including phenoxy) is 3. The molecule has 1 atom stereocenters. The average Bonchev–Trinajstić information content (AvgIpc) is 2.68. The fraction of sp³-hybridized carbons (Fsp3) is 0.667. The summed E-state index contributed by atoms with van der Waals surface area (Å²) in [5.41, 5.74) is -1.88. The fourth-order valence-electron chi connectivity index (χ4n) is 3.06. The third-order valence-electron chi connectivity index (χ3n) is 4.34. The quantitative estimate of drug-likeness (QED) is 0.409. The van der Waals surface area contributed by atoms with Crippen molar-refractivity contribution in [1.82, 2.24) is 0 Å². The molecule has 0 heterocycles. The van der Waals surface area contributed by atoms with E-state index >= 15 is 0 Å². The zero-order valence-corrected chi connectivity index (χ0v) is 15.1. The van der Waals surface area contributed by atoms with Gasteiger partial charge in [-0.2, -0.15) is 0 Å². The van der Waals surface area contributed by atoms with Crippen LogP contribution in [0, 0.1) is 5.41 Å². The fourth-order valence-corrected chi connectivity index (χ4v) is 3.06. The Kier molecular flexibility index (Phi) is 8.31. The van der Waals surface area contributed by atoms with Gasteiger partial charge in [-0.3, -0.25) is 14.4 Å². The van der Waals surface area contributed by atoms with Crippen molar-refractivity contribution in [2.75, 3.05) is 20.8 Å². The van der Waals surface area contributed by atoms with E-state index in [2.05, 4.69) is 0 Å². The molecule has 0 saturated carbocycles. The topological polar surface area (TPSA) is 96.0 Å². The van der Waals surface area contributed by atoms with Crippen LogP contribution in [-0.4, -0.2) is 44.5 Å². The van der Waals surface area contributed by atoms with E-state index in [-0.39, 0.29) is 31.4 Å². The van der Waals surface area contributed by atoms with Crippen LogP contribution in [0.2, 0.25) is 0 Å². The number of hydrogen-bond acceptors (Lipinski definition) is 7. The van der Waals surface area contributed by atoms with E-state index < -0.39 is 29.1 Å². The van der Waals surface area contributed by atoms with Crippen molar-refractivity contribution < 1.29 is 33.4 Å². The van der Waals surface area contributed by atoms with Gasteiger partial charge < -0.3 is 14.2 Å². The zero-order chi connectivity index (χ0) is 18.9. The van der Waals surface area contributed by atoms with E-state index in [0.29, 0.717) is 12.8 Å². The van der Waals surface area contributed by atoms with Crippen molar-refractivity contribution in [3.05, 3.63) is 11.6 Å². The third kappa shape index (κ3) is 4.90. The number of Topliss-reactive ketones (excluding diaryl/α,β-unsaturated/α-hetero) is 1. The SMILES string of the molecule is CCOC(=O)CC[C@@]1(C(=O)OC)C(=O)CCCCCC=C1C(=O)OC. The molecule has 1 aliphatic carbocycles. The molecule has 0 N–H and O–H groups in total. The molecule has 7 nitrogen and oxygen atoms in total. The first-order valence-electron chi connectivity index (χ1n) is 8.50. The molecule has 25 heavy (non-hydrogen) atoms. The number of methoxy groups -OCH3 is 2. The second-order valence-electron chi connectivity index (χ2n) is 5.83. The number of carbonyl (C=O) groups is 4. The van der Waals surface area contributed by atoms with Crippen molar-refractivity contribution in [2.45, 2.75) is 51.9 Å². The molecule has 0 aromatic rings. The average molecular weight is 354 g/mol. The molecule has 0 bridgehead atoms. The number of hydrogen-bond donors (Lipinski definition) is 0. The smallest absolute Gasteiger partial charge is 0.335 e. The Morgan fingerprint density at radius 3 is 2.44 bits per heavy atom. The van der Waals surface area contributed by atoms with Gasteiger partial charge in [-0.05, 0) is 32.6 Å². The van der Waals surface area contributed by atoms with Gasteiger partial charge in [0.2, 0.25) is 0 Å². The molecular weight excluding hydrogens is 328 g/mol. The minimum Gasteiger partial charge on any atom is -0.468 e. The molecule has 0 unspecified atom stereocenters. The van der Waals surface area contributed by atoms with Gasteiger partial charge in [0, 0.05) is 12.8 Å². The van der Waals surface area contributed by atoms with Crippen molar-refractivity contribution >= 4 is 23.7 Å². The standard InChI is InChI=1S/C18H26O7/c1-4-25-15(20)11-12-18(17(22)24-3)13(16(21)23-2)9-7-5-6-8-10-14(18)19/h9H,4-8,10-12H2,1-3H3/t18-/m0/s1. The van der Waals surface area contributed by atoms with E-state index in [0.717, 1.165) is 20.0 Å². The molecule has 1 rings (SSSR count). The normalized spacial score (nSPS) is 21.2. The maximum absolute atomic E-state index is 12.9. The highest BCUT2D eigenvalue weighted by Gasteiger charge is 2.52. The molecule has 0 saturated heterocycles. The van der Waals surface area contributed by atoms with Crippen molar-refractivity contribution in [3.8, 4) is 0 Å². The van der Waals surface area contributed by atoms with Gasteiger partial charge in [-0.1, -0.05) is 12.5 Å². The number of esters is 3. The van der Waals surface area contributed by atoms with Crippen LogP contribution in [0.25, 0.3) is 0 Å². The molecule has 140 valence electrons.